The first-order valence-electron chi connectivity index (χ1n) is 8.56. The first-order valence-corrected chi connectivity index (χ1v) is 8.56. The second-order valence-electron chi connectivity index (χ2n) is 6.41. The van der Waals surface area contributed by atoms with Gasteiger partial charge in [-0.25, -0.2) is 0 Å². The number of nitrogens with zero attached hydrogens (tertiary/aromatic N) is 2. The van der Waals surface area contributed by atoms with E-state index in [-0.39, 0.29) is 30.8 Å². The normalized spacial score (nSPS) is 16.3. The average molecular weight is 353 g/mol. The number of anilines is 3. The number of carbonyl (C=O) groups excluding carboxylic acids is 2. The van der Waals surface area contributed by atoms with E-state index < -0.39 is 0 Å². The Morgan fingerprint density at radius 1 is 1.23 bits per heavy atom. The molecular weight excluding hydrogens is 330 g/mol. The maximum atomic E-state index is 13.1. The minimum atomic E-state index is -0.225. The van der Waals surface area contributed by atoms with Crippen LogP contribution in [0.15, 0.2) is 48.5 Å². The second kappa shape index (κ2) is 7.47. The van der Waals surface area contributed by atoms with Gasteiger partial charge in [0.1, 0.15) is 5.75 Å². The molecule has 2 aromatic rings. The minimum Gasteiger partial charge on any atom is -0.495 e. The van der Waals surface area contributed by atoms with Crippen LogP contribution in [-0.4, -0.2) is 38.6 Å². The van der Waals surface area contributed by atoms with Gasteiger partial charge in [-0.3, -0.25) is 9.59 Å². The lowest BCUT2D eigenvalue weighted by Crippen LogP contribution is -2.44. The minimum absolute atomic E-state index is 0.0742. The molecule has 0 aromatic heterocycles. The average Bonchev–Trinajstić information content (AvgIpc) is 2.75. The number of hydrogen-bond donors (Lipinski definition) is 1. The molecule has 0 unspecified atom stereocenters. The number of hydrogen-bond acceptors (Lipinski definition) is 4. The summed E-state index contributed by atoms with van der Waals surface area (Å²) in [5, 5.41) is 2.87. The van der Waals surface area contributed by atoms with E-state index in [0.29, 0.717) is 11.4 Å². The lowest BCUT2D eigenvalue weighted by molar-refractivity contribution is -0.118. The Balaban J connectivity index is 1.88. The Morgan fingerprint density at radius 3 is 2.69 bits per heavy atom. The van der Waals surface area contributed by atoms with Gasteiger partial charge in [0.05, 0.1) is 30.7 Å². The second-order valence-corrected chi connectivity index (χ2v) is 6.41. The van der Waals surface area contributed by atoms with Gasteiger partial charge in [0.25, 0.3) is 0 Å². The molecule has 0 fully saturated rings. The molecule has 1 heterocycles. The molecule has 2 amide bonds. The molecule has 26 heavy (non-hydrogen) atoms. The molecule has 1 atom stereocenters. The Bertz CT molecular complexity index is 821. The molecule has 0 spiro atoms. The van der Waals surface area contributed by atoms with Gasteiger partial charge in [0.2, 0.25) is 11.8 Å². The predicted molar refractivity (Wildman–Crippen MR) is 103 cm³/mol. The standard InChI is InChI=1S/C20H23N3O3/c1-14-12-19(24)21-15-8-4-5-9-16(15)23(14)20(25)13-22(2)17-10-6-7-11-18(17)26-3/h4-11,14H,12-13H2,1-3H3,(H,21,24)/t14-/m0/s1. The van der Waals surface area contributed by atoms with Gasteiger partial charge >= 0.3 is 0 Å². The molecule has 6 nitrogen and oxygen atoms in total. The van der Waals surface area contributed by atoms with Gasteiger partial charge < -0.3 is 19.9 Å². The van der Waals surface area contributed by atoms with Gasteiger partial charge in [0.15, 0.2) is 0 Å². The van der Waals surface area contributed by atoms with E-state index in [9.17, 15) is 9.59 Å². The van der Waals surface area contributed by atoms with Crippen LogP contribution in [0, 0.1) is 0 Å². The van der Waals surface area contributed by atoms with E-state index in [0.717, 1.165) is 11.4 Å². The number of para-hydroxylation sites is 4. The Morgan fingerprint density at radius 2 is 1.92 bits per heavy atom. The number of likely N-dealkylation sites (N-methyl/N-ethyl adjacent to an activating group) is 1. The fraction of sp³-hybridized carbons (Fsp3) is 0.300. The first-order chi connectivity index (χ1) is 12.5. The summed E-state index contributed by atoms with van der Waals surface area (Å²) in [7, 11) is 3.46. The van der Waals surface area contributed by atoms with Crippen LogP contribution >= 0.6 is 0 Å². The number of benzene rings is 2. The lowest BCUT2D eigenvalue weighted by atomic mass is 10.1. The van der Waals surface area contributed by atoms with Crippen molar-refractivity contribution in [1.82, 2.24) is 0 Å². The van der Waals surface area contributed by atoms with Crippen molar-refractivity contribution in [3.8, 4) is 5.75 Å². The Labute approximate surface area is 153 Å². The summed E-state index contributed by atoms with van der Waals surface area (Å²) in [4.78, 5) is 28.8. The first kappa shape index (κ1) is 17.8. The number of fused-ring (bicyclic) bond motifs is 1. The molecule has 1 aliphatic heterocycles. The zero-order valence-electron chi connectivity index (χ0n) is 15.2. The molecule has 0 bridgehead atoms. The number of carbonyl (C=O) groups is 2. The number of amides is 2. The van der Waals surface area contributed by atoms with Crippen molar-refractivity contribution in [2.45, 2.75) is 19.4 Å². The molecule has 0 radical (unpaired) electrons. The number of rotatable bonds is 4. The zero-order chi connectivity index (χ0) is 18.7. The van der Waals surface area contributed by atoms with Crippen LogP contribution in [0.5, 0.6) is 5.75 Å². The molecule has 0 saturated heterocycles. The molecule has 1 N–H and O–H groups in total. The lowest BCUT2D eigenvalue weighted by Gasteiger charge is -2.30. The highest BCUT2D eigenvalue weighted by Crippen LogP contribution is 2.32. The van der Waals surface area contributed by atoms with Gasteiger partial charge in [-0.05, 0) is 31.2 Å². The monoisotopic (exact) mass is 353 g/mol. The van der Waals surface area contributed by atoms with Crippen molar-refractivity contribution in [1.29, 1.82) is 0 Å². The highest BCUT2D eigenvalue weighted by atomic mass is 16.5. The molecule has 1 aliphatic rings. The molecule has 0 aliphatic carbocycles. The quantitative estimate of drug-likeness (QED) is 0.918. The highest BCUT2D eigenvalue weighted by Gasteiger charge is 2.30. The zero-order valence-corrected chi connectivity index (χ0v) is 15.2. The van der Waals surface area contributed by atoms with Crippen LogP contribution in [0.1, 0.15) is 13.3 Å². The summed E-state index contributed by atoms with van der Waals surface area (Å²) < 4.78 is 5.38. The van der Waals surface area contributed by atoms with E-state index >= 15 is 0 Å². The number of methoxy groups -OCH3 is 1. The van der Waals surface area contributed by atoms with Gasteiger partial charge in [0, 0.05) is 19.5 Å². The van der Waals surface area contributed by atoms with Crippen LogP contribution in [0.4, 0.5) is 17.1 Å². The van der Waals surface area contributed by atoms with Crippen molar-refractivity contribution >= 4 is 28.9 Å². The number of ether oxygens (including phenoxy) is 1. The van der Waals surface area contributed by atoms with E-state index in [1.165, 1.54) is 0 Å². The van der Waals surface area contributed by atoms with Crippen molar-refractivity contribution < 1.29 is 14.3 Å². The van der Waals surface area contributed by atoms with Gasteiger partial charge in [-0.1, -0.05) is 24.3 Å². The summed E-state index contributed by atoms with van der Waals surface area (Å²) in [5.41, 5.74) is 2.23. The number of nitrogens with one attached hydrogen (secondary N) is 1. The molecule has 0 saturated carbocycles. The third-order valence-corrected chi connectivity index (χ3v) is 4.50. The van der Waals surface area contributed by atoms with E-state index in [1.54, 1.807) is 12.0 Å². The van der Waals surface area contributed by atoms with E-state index in [4.69, 9.17) is 4.74 Å². The van der Waals surface area contributed by atoms with Crippen LogP contribution < -0.4 is 19.9 Å². The van der Waals surface area contributed by atoms with Crippen LogP contribution in [0.2, 0.25) is 0 Å². The van der Waals surface area contributed by atoms with Crippen molar-refractivity contribution in [3.05, 3.63) is 48.5 Å². The smallest absolute Gasteiger partial charge is 0.246 e. The SMILES string of the molecule is COc1ccccc1N(C)CC(=O)N1c2ccccc2NC(=O)C[C@@H]1C. The van der Waals surface area contributed by atoms with E-state index in [2.05, 4.69) is 5.32 Å². The van der Waals surface area contributed by atoms with Crippen LogP contribution in [0.3, 0.4) is 0 Å². The third kappa shape index (κ3) is 3.49. The largest absolute Gasteiger partial charge is 0.495 e. The molecule has 3 rings (SSSR count). The molecular formula is C20H23N3O3. The maximum Gasteiger partial charge on any atom is 0.246 e. The molecule has 136 valence electrons. The summed E-state index contributed by atoms with van der Waals surface area (Å²) in [6.45, 7) is 2.07. The fourth-order valence-corrected chi connectivity index (χ4v) is 3.28. The summed E-state index contributed by atoms with van der Waals surface area (Å²) in [5.74, 6) is 0.553. The van der Waals surface area contributed by atoms with Gasteiger partial charge in [-0.15, -0.1) is 0 Å². The third-order valence-electron chi connectivity index (χ3n) is 4.50. The maximum absolute atomic E-state index is 13.1. The summed E-state index contributed by atoms with van der Waals surface area (Å²) in [6.07, 6.45) is 0.263. The predicted octanol–water partition coefficient (Wildman–Crippen LogP) is 2.90. The Kier molecular flexibility index (Phi) is 5.11. The van der Waals surface area contributed by atoms with Gasteiger partial charge in [-0.2, -0.15) is 0 Å². The summed E-state index contributed by atoms with van der Waals surface area (Å²) in [6, 6.07) is 14.7. The highest BCUT2D eigenvalue weighted by molar-refractivity contribution is 6.05. The van der Waals surface area contributed by atoms with Crippen LogP contribution in [-0.2, 0) is 9.59 Å². The van der Waals surface area contributed by atoms with Crippen LogP contribution in [0.25, 0.3) is 0 Å². The van der Waals surface area contributed by atoms with E-state index in [1.807, 2.05) is 67.4 Å². The van der Waals surface area contributed by atoms with Crippen molar-refractivity contribution in [3.63, 3.8) is 0 Å². The fourth-order valence-electron chi connectivity index (χ4n) is 3.28. The molecule has 2 aromatic carbocycles. The van der Waals surface area contributed by atoms with Crippen molar-refractivity contribution in [2.24, 2.45) is 0 Å². The van der Waals surface area contributed by atoms with Crippen molar-refractivity contribution in [2.75, 3.05) is 35.8 Å². The Hall–Kier alpha value is -3.02. The molecule has 6 heteroatoms. The summed E-state index contributed by atoms with van der Waals surface area (Å²) >= 11 is 0. The topological polar surface area (TPSA) is 61.9 Å².